The third kappa shape index (κ3) is 6.78. The number of anilines is 2. The summed E-state index contributed by atoms with van der Waals surface area (Å²) in [5.41, 5.74) is 3.26. The molecular weight excluding hydrogens is 523 g/mol. The second kappa shape index (κ2) is 12.3. The van der Waals surface area contributed by atoms with E-state index in [1.54, 1.807) is 25.1 Å². The largest absolute Gasteiger partial charge is 0.492 e. The van der Waals surface area contributed by atoms with Crippen LogP contribution in [0.4, 0.5) is 10.7 Å². The van der Waals surface area contributed by atoms with Crippen molar-refractivity contribution >= 4 is 63.0 Å². The van der Waals surface area contributed by atoms with Crippen molar-refractivity contribution in [3.8, 4) is 5.75 Å². The van der Waals surface area contributed by atoms with E-state index in [9.17, 15) is 14.4 Å². The molecule has 3 rings (SSSR count). The van der Waals surface area contributed by atoms with Gasteiger partial charge in [-0.3, -0.25) is 9.59 Å². The smallest absolute Gasteiger partial charge is 0.341 e. The summed E-state index contributed by atoms with van der Waals surface area (Å²) >= 11 is 13.0. The van der Waals surface area contributed by atoms with Crippen LogP contribution >= 0.6 is 34.5 Å². The van der Waals surface area contributed by atoms with Crippen LogP contribution in [0.1, 0.15) is 49.6 Å². The first-order valence-corrected chi connectivity index (χ1v) is 12.7. The summed E-state index contributed by atoms with van der Waals surface area (Å²) in [6.45, 7) is 5.78. The average molecular weight is 549 g/mol. The van der Waals surface area contributed by atoms with Crippen LogP contribution in [0.2, 0.25) is 10.0 Å². The average Bonchev–Trinajstić information content (AvgIpc) is 3.14. The van der Waals surface area contributed by atoms with Gasteiger partial charge in [-0.25, -0.2) is 4.79 Å². The predicted octanol–water partition coefficient (Wildman–Crippen LogP) is 6.82. The third-order valence-electron chi connectivity index (χ3n) is 5.33. The number of aryl methyl sites for hydroxylation is 2. The van der Waals surface area contributed by atoms with Gasteiger partial charge < -0.3 is 20.1 Å². The Morgan fingerprint density at radius 3 is 2.42 bits per heavy atom. The molecule has 0 bridgehead atoms. The molecule has 3 aromatic rings. The Kier molecular flexibility index (Phi) is 9.37. The molecule has 1 heterocycles. The fourth-order valence-corrected chi connectivity index (χ4v) is 5.06. The number of amides is 2. The van der Waals surface area contributed by atoms with Gasteiger partial charge in [0.25, 0.3) is 5.91 Å². The molecule has 0 spiro atoms. The van der Waals surface area contributed by atoms with E-state index < -0.39 is 5.97 Å². The summed E-state index contributed by atoms with van der Waals surface area (Å²) in [6.07, 6.45) is 0.537. The van der Waals surface area contributed by atoms with E-state index in [2.05, 4.69) is 10.6 Å². The second-order valence-corrected chi connectivity index (χ2v) is 9.96. The Labute approximate surface area is 223 Å². The monoisotopic (exact) mass is 548 g/mol. The van der Waals surface area contributed by atoms with Gasteiger partial charge in [-0.05, 0) is 62.6 Å². The van der Waals surface area contributed by atoms with Crippen LogP contribution in [0.3, 0.4) is 0 Å². The lowest BCUT2D eigenvalue weighted by atomic mass is 10.1. The third-order valence-corrected chi connectivity index (χ3v) is 7.06. The number of methoxy groups -OCH3 is 1. The number of thiophene rings is 1. The van der Waals surface area contributed by atoms with E-state index in [0.717, 1.165) is 22.5 Å². The van der Waals surface area contributed by atoms with E-state index in [-0.39, 0.29) is 35.4 Å². The number of carbonyl (C=O) groups is 3. The number of esters is 1. The first kappa shape index (κ1) is 27.5. The second-order valence-electron chi connectivity index (χ2n) is 8.10. The van der Waals surface area contributed by atoms with Crippen molar-refractivity contribution < 1.29 is 23.9 Å². The van der Waals surface area contributed by atoms with Crippen LogP contribution in [0.5, 0.6) is 5.75 Å². The topological polar surface area (TPSA) is 93.7 Å². The van der Waals surface area contributed by atoms with Crippen LogP contribution in [0, 0.1) is 20.8 Å². The number of carbonyl (C=O) groups excluding carboxylic acids is 3. The molecule has 0 saturated carbocycles. The maximum Gasteiger partial charge on any atom is 0.341 e. The zero-order valence-corrected chi connectivity index (χ0v) is 22.6. The van der Waals surface area contributed by atoms with E-state index >= 15 is 0 Å². The van der Waals surface area contributed by atoms with E-state index in [0.29, 0.717) is 38.3 Å². The molecule has 0 fully saturated rings. The lowest BCUT2D eigenvalue weighted by molar-refractivity contribution is -0.116. The highest BCUT2D eigenvalue weighted by atomic mass is 35.5. The number of ether oxygens (including phenoxy) is 2. The van der Waals surface area contributed by atoms with Gasteiger partial charge in [0.1, 0.15) is 10.8 Å². The molecular formula is C26H26Cl2N2O5S. The fourth-order valence-electron chi connectivity index (χ4n) is 3.50. The molecule has 1 aromatic heterocycles. The van der Waals surface area contributed by atoms with Crippen LogP contribution in [0.15, 0.2) is 36.4 Å². The number of benzene rings is 2. The number of halogens is 2. The van der Waals surface area contributed by atoms with Crippen LogP contribution < -0.4 is 15.4 Å². The Morgan fingerprint density at radius 1 is 1.00 bits per heavy atom. The predicted molar refractivity (Wildman–Crippen MR) is 144 cm³/mol. The summed E-state index contributed by atoms with van der Waals surface area (Å²) in [7, 11) is 1.25. The molecule has 190 valence electrons. The van der Waals surface area contributed by atoms with Gasteiger partial charge in [-0.1, -0.05) is 40.9 Å². The van der Waals surface area contributed by atoms with Crippen LogP contribution in [-0.2, 0) is 9.53 Å². The molecule has 2 N–H and O–H groups in total. The van der Waals surface area contributed by atoms with E-state index in [1.807, 2.05) is 32.0 Å². The lowest BCUT2D eigenvalue weighted by Crippen LogP contribution is -2.15. The molecule has 0 aliphatic rings. The van der Waals surface area contributed by atoms with Crippen molar-refractivity contribution in [2.45, 2.75) is 33.6 Å². The maximum absolute atomic E-state index is 13.0. The Hall–Kier alpha value is -3.07. The first-order valence-electron chi connectivity index (χ1n) is 11.1. The quantitative estimate of drug-likeness (QED) is 0.226. The first-order chi connectivity index (χ1) is 17.1. The van der Waals surface area contributed by atoms with Crippen molar-refractivity contribution in [2.75, 3.05) is 24.4 Å². The van der Waals surface area contributed by atoms with E-state index in [4.69, 9.17) is 32.7 Å². The maximum atomic E-state index is 13.0. The summed E-state index contributed by atoms with van der Waals surface area (Å²) in [4.78, 5) is 38.4. The molecule has 0 unspecified atom stereocenters. The number of hydrogen-bond donors (Lipinski definition) is 2. The van der Waals surface area contributed by atoms with Crippen LogP contribution in [-0.4, -0.2) is 31.5 Å². The van der Waals surface area contributed by atoms with Crippen molar-refractivity contribution in [3.63, 3.8) is 0 Å². The summed E-state index contributed by atoms with van der Waals surface area (Å²) in [5.74, 6) is -0.856. The van der Waals surface area contributed by atoms with Gasteiger partial charge in [-0.15, -0.1) is 11.3 Å². The summed E-state index contributed by atoms with van der Waals surface area (Å²) in [5, 5.41) is 6.77. The Bertz CT molecular complexity index is 1310. The van der Waals surface area contributed by atoms with Gasteiger partial charge in [-0.2, -0.15) is 0 Å². The molecule has 0 atom stereocenters. The van der Waals surface area contributed by atoms with Crippen molar-refractivity contribution in [3.05, 3.63) is 73.6 Å². The minimum Gasteiger partial charge on any atom is -0.492 e. The molecule has 36 heavy (non-hydrogen) atoms. The number of rotatable bonds is 9. The zero-order chi connectivity index (χ0) is 26.4. The summed E-state index contributed by atoms with van der Waals surface area (Å²) < 4.78 is 10.5. The standard InChI is InChI=1S/C26H26Cl2N2O5S/c1-14-7-9-19(15(2)12-14)29-24(32)23-16(3)22(26(33)34-4)25(36-23)30-21(31)6-5-11-35-20-10-8-17(27)13-18(20)28/h7-10,12-13H,5-6,11H2,1-4H3,(H,29,32)(H,30,31). The molecule has 0 saturated heterocycles. The van der Waals surface area contributed by atoms with Crippen molar-refractivity contribution in [1.29, 1.82) is 0 Å². The van der Waals surface area contributed by atoms with E-state index in [1.165, 1.54) is 7.11 Å². The van der Waals surface area contributed by atoms with Crippen LogP contribution in [0.25, 0.3) is 0 Å². The van der Waals surface area contributed by atoms with Crippen molar-refractivity contribution in [2.24, 2.45) is 0 Å². The number of nitrogens with one attached hydrogen (secondary N) is 2. The number of hydrogen-bond acceptors (Lipinski definition) is 6. The summed E-state index contributed by atoms with van der Waals surface area (Å²) in [6, 6.07) is 10.6. The SMILES string of the molecule is COC(=O)c1c(NC(=O)CCCOc2ccc(Cl)cc2Cl)sc(C(=O)Nc2ccc(C)cc2C)c1C. The normalized spacial score (nSPS) is 10.6. The highest BCUT2D eigenvalue weighted by molar-refractivity contribution is 7.19. The highest BCUT2D eigenvalue weighted by Crippen LogP contribution is 2.35. The van der Waals surface area contributed by atoms with Gasteiger partial charge in [0, 0.05) is 17.1 Å². The minimum absolute atomic E-state index is 0.132. The molecule has 7 nitrogen and oxygen atoms in total. The fraction of sp³-hybridized carbons (Fsp3) is 0.269. The lowest BCUT2D eigenvalue weighted by Gasteiger charge is -2.09. The highest BCUT2D eigenvalue weighted by Gasteiger charge is 2.26. The zero-order valence-electron chi connectivity index (χ0n) is 20.3. The van der Waals surface area contributed by atoms with Gasteiger partial charge in [0.05, 0.1) is 29.2 Å². The van der Waals surface area contributed by atoms with Gasteiger partial charge in [0.15, 0.2) is 0 Å². The Balaban J connectivity index is 1.68. The van der Waals surface area contributed by atoms with Crippen molar-refractivity contribution in [1.82, 2.24) is 0 Å². The molecule has 10 heteroatoms. The molecule has 0 aliphatic heterocycles. The van der Waals surface area contributed by atoms with Gasteiger partial charge >= 0.3 is 5.97 Å². The molecule has 0 radical (unpaired) electrons. The molecule has 0 aliphatic carbocycles. The molecule has 2 amide bonds. The molecule has 2 aromatic carbocycles. The Morgan fingerprint density at radius 2 is 1.75 bits per heavy atom. The minimum atomic E-state index is -0.634. The van der Waals surface area contributed by atoms with Gasteiger partial charge in [0.2, 0.25) is 5.91 Å².